The normalized spacial score (nSPS) is 27.4. The van der Waals surface area contributed by atoms with Gasteiger partial charge in [0.05, 0.1) is 6.10 Å². The van der Waals surface area contributed by atoms with Crippen LogP contribution in [0.25, 0.3) is 0 Å². The van der Waals surface area contributed by atoms with Crippen LogP contribution < -0.4 is 5.32 Å². The van der Waals surface area contributed by atoms with Crippen molar-refractivity contribution < 1.29 is 4.74 Å². The zero-order valence-electron chi connectivity index (χ0n) is 11.1. The number of rotatable bonds is 6. The average Bonchev–Trinajstić information content (AvgIpc) is 2.27. The van der Waals surface area contributed by atoms with E-state index in [2.05, 4.69) is 19.2 Å². The minimum absolute atomic E-state index is 0.465. The molecular formula is C14H29NO. The Morgan fingerprint density at radius 1 is 1.00 bits per heavy atom. The molecule has 1 aliphatic rings. The topological polar surface area (TPSA) is 21.3 Å². The van der Waals surface area contributed by atoms with Crippen molar-refractivity contribution in [1.82, 2.24) is 5.32 Å². The Balaban J connectivity index is 2.39. The fourth-order valence-electron chi connectivity index (χ4n) is 2.48. The molecule has 0 amide bonds. The summed E-state index contributed by atoms with van der Waals surface area (Å²) in [7, 11) is 0. The first-order valence-corrected chi connectivity index (χ1v) is 7.23. The molecule has 2 atom stereocenters. The summed E-state index contributed by atoms with van der Waals surface area (Å²) in [5.74, 6) is 0. The van der Waals surface area contributed by atoms with E-state index in [-0.39, 0.29) is 0 Å². The highest BCUT2D eigenvalue weighted by atomic mass is 16.5. The first-order chi connectivity index (χ1) is 7.88. The van der Waals surface area contributed by atoms with Gasteiger partial charge in [-0.15, -0.1) is 0 Å². The standard InChI is InChI=1S/C14H29NO/c1-3-11-15-13-9-7-5-6-8-10-14(13)16-12-4-2/h13-15H,3-12H2,1-2H3. The summed E-state index contributed by atoms with van der Waals surface area (Å²) in [6.45, 7) is 6.49. The SMILES string of the molecule is CCCNC1CCCCCCC1OCCC. The van der Waals surface area contributed by atoms with Crippen molar-refractivity contribution in [2.24, 2.45) is 0 Å². The van der Waals surface area contributed by atoms with Crippen molar-refractivity contribution >= 4 is 0 Å². The van der Waals surface area contributed by atoms with Crippen LogP contribution in [0.2, 0.25) is 0 Å². The molecule has 1 saturated carbocycles. The molecule has 2 nitrogen and oxygen atoms in total. The van der Waals surface area contributed by atoms with Gasteiger partial charge in [-0.1, -0.05) is 39.5 Å². The van der Waals surface area contributed by atoms with E-state index in [1.54, 1.807) is 0 Å². The van der Waals surface area contributed by atoms with Crippen LogP contribution in [0, 0.1) is 0 Å². The van der Waals surface area contributed by atoms with E-state index in [1.807, 2.05) is 0 Å². The first-order valence-electron chi connectivity index (χ1n) is 7.23. The van der Waals surface area contributed by atoms with Crippen LogP contribution in [0.1, 0.15) is 65.2 Å². The highest BCUT2D eigenvalue weighted by Crippen LogP contribution is 2.20. The van der Waals surface area contributed by atoms with E-state index in [4.69, 9.17) is 4.74 Å². The van der Waals surface area contributed by atoms with Crippen LogP contribution in [0.5, 0.6) is 0 Å². The van der Waals surface area contributed by atoms with E-state index in [0.717, 1.165) is 19.6 Å². The molecule has 1 rings (SSSR count). The predicted octanol–water partition coefficient (Wildman–Crippen LogP) is 3.50. The first kappa shape index (κ1) is 14.0. The fraction of sp³-hybridized carbons (Fsp3) is 1.00. The molecular weight excluding hydrogens is 198 g/mol. The highest BCUT2D eigenvalue weighted by Gasteiger charge is 2.22. The van der Waals surface area contributed by atoms with E-state index < -0.39 is 0 Å². The van der Waals surface area contributed by atoms with E-state index in [9.17, 15) is 0 Å². The van der Waals surface area contributed by atoms with Gasteiger partial charge in [-0.05, 0) is 32.2 Å². The third kappa shape index (κ3) is 5.31. The molecule has 16 heavy (non-hydrogen) atoms. The summed E-state index contributed by atoms with van der Waals surface area (Å²) in [6.07, 6.45) is 10.9. The van der Waals surface area contributed by atoms with Crippen molar-refractivity contribution in [2.45, 2.75) is 77.4 Å². The molecule has 0 saturated heterocycles. The maximum Gasteiger partial charge on any atom is 0.0728 e. The van der Waals surface area contributed by atoms with Crippen LogP contribution in [0.3, 0.4) is 0 Å². The Hall–Kier alpha value is -0.0800. The number of ether oxygens (including phenoxy) is 1. The van der Waals surface area contributed by atoms with Crippen LogP contribution in [0.4, 0.5) is 0 Å². The maximum absolute atomic E-state index is 6.01. The maximum atomic E-state index is 6.01. The third-order valence-corrected chi connectivity index (χ3v) is 3.40. The summed E-state index contributed by atoms with van der Waals surface area (Å²) in [6, 6.07) is 0.604. The molecule has 0 radical (unpaired) electrons. The fourth-order valence-corrected chi connectivity index (χ4v) is 2.48. The minimum Gasteiger partial charge on any atom is -0.377 e. The lowest BCUT2D eigenvalue weighted by molar-refractivity contribution is 0.0138. The van der Waals surface area contributed by atoms with E-state index >= 15 is 0 Å². The number of nitrogens with one attached hydrogen (secondary N) is 1. The van der Waals surface area contributed by atoms with Gasteiger partial charge in [0.25, 0.3) is 0 Å². The second kappa shape index (κ2) is 9.00. The second-order valence-corrected chi connectivity index (χ2v) is 4.96. The van der Waals surface area contributed by atoms with Gasteiger partial charge >= 0.3 is 0 Å². The van der Waals surface area contributed by atoms with Gasteiger partial charge in [0.1, 0.15) is 0 Å². The average molecular weight is 227 g/mol. The molecule has 2 heteroatoms. The molecule has 0 aromatic carbocycles. The van der Waals surface area contributed by atoms with Crippen molar-refractivity contribution in [3.63, 3.8) is 0 Å². The number of hydrogen-bond donors (Lipinski definition) is 1. The van der Waals surface area contributed by atoms with Crippen molar-refractivity contribution in [3.8, 4) is 0 Å². The van der Waals surface area contributed by atoms with Crippen molar-refractivity contribution in [3.05, 3.63) is 0 Å². The smallest absolute Gasteiger partial charge is 0.0728 e. The minimum atomic E-state index is 0.465. The van der Waals surface area contributed by atoms with Gasteiger partial charge < -0.3 is 10.1 Å². The Bertz CT molecular complexity index is 139. The van der Waals surface area contributed by atoms with Gasteiger partial charge in [-0.3, -0.25) is 0 Å². The quantitative estimate of drug-likeness (QED) is 0.750. The van der Waals surface area contributed by atoms with Crippen molar-refractivity contribution in [1.29, 1.82) is 0 Å². The lowest BCUT2D eigenvalue weighted by Crippen LogP contribution is -2.42. The van der Waals surface area contributed by atoms with E-state index in [1.165, 1.54) is 44.9 Å². The number of hydrogen-bond acceptors (Lipinski definition) is 2. The zero-order valence-corrected chi connectivity index (χ0v) is 11.1. The Labute approximate surface area is 101 Å². The van der Waals surface area contributed by atoms with Crippen LogP contribution in [-0.4, -0.2) is 25.3 Å². The van der Waals surface area contributed by atoms with Crippen LogP contribution in [0.15, 0.2) is 0 Å². The van der Waals surface area contributed by atoms with Crippen LogP contribution >= 0.6 is 0 Å². The van der Waals surface area contributed by atoms with Gasteiger partial charge in [-0.25, -0.2) is 0 Å². The zero-order chi connectivity index (χ0) is 11.6. The molecule has 0 heterocycles. The molecule has 2 unspecified atom stereocenters. The largest absolute Gasteiger partial charge is 0.377 e. The summed E-state index contributed by atoms with van der Waals surface area (Å²) in [4.78, 5) is 0. The predicted molar refractivity (Wildman–Crippen MR) is 69.8 cm³/mol. The van der Waals surface area contributed by atoms with Gasteiger partial charge in [0.15, 0.2) is 0 Å². The Kier molecular flexibility index (Phi) is 7.87. The van der Waals surface area contributed by atoms with Gasteiger partial charge in [0.2, 0.25) is 0 Å². The Morgan fingerprint density at radius 2 is 1.75 bits per heavy atom. The molecule has 0 spiro atoms. The molecule has 0 bridgehead atoms. The van der Waals surface area contributed by atoms with Gasteiger partial charge in [-0.2, -0.15) is 0 Å². The lowest BCUT2D eigenvalue weighted by atomic mass is 9.94. The van der Waals surface area contributed by atoms with Crippen LogP contribution in [-0.2, 0) is 4.74 Å². The Morgan fingerprint density at radius 3 is 2.44 bits per heavy atom. The second-order valence-electron chi connectivity index (χ2n) is 4.96. The van der Waals surface area contributed by atoms with Crippen molar-refractivity contribution in [2.75, 3.05) is 13.2 Å². The monoisotopic (exact) mass is 227 g/mol. The molecule has 0 aromatic heterocycles. The molecule has 96 valence electrons. The molecule has 1 N–H and O–H groups in total. The third-order valence-electron chi connectivity index (χ3n) is 3.40. The van der Waals surface area contributed by atoms with E-state index in [0.29, 0.717) is 12.1 Å². The summed E-state index contributed by atoms with van der Waals surface area (Å²) in [5.41, 5.74) is 0. The highest BCUT2D eigenvalue weighted by molar-refractivity contribution is 4.79. The van der Waals surface area contributed by atoms with Gasteiger partial charge in [0, 0.05) is 12.6 Å². The summed E-state index contributed by atoms with van der Waals surface area (Å²) in [5, 5.41) is 3.67. The molecule has 1 aliphatic carbocycles. The lowest BCUT2D eigenvalue weighted by Gasteiger charge is -2.30. The molecule has 0 aliphatic heterocycles. The molecule has 1 fully saturated rings. The summed E-state index contributed by atoms with van der Waals surface area (Å²) < 4.78 is 6.01. The molecule has 0 aromatic rings. The summed E-state index contributed by atoms with van der Waals surface area (Å²) >= 11 is 0.